The Morgan fingerprint density at radius 2 is 1.93 bits per heavy atom. The summed E-state index contributed by atoms with van der Waals surface area (Å²) in [6, 6.07) is 4.09. The van der Waals surface area contributed by atoms with E-state index in [1.165, 1.54) is 25.7 Å². The molecule has 82 valence electrons. The predicted octanol–water partition coefficient (Wildman–Crippen LogP) is 3.20. The number of halogens is 1. The molecule has 2 heterocycles. The van der Waals surface area contributed by atoms with E-state index in [1.54, 1.807) is 0 Å². The second-order valence-corrected chi connectivity index (χ2v) is 4.32. The minimum absolute atomic E-state index is 0.573. The smallest absolute Gasteiger partial charge is 0.128 e. The summed E-state index contributed by atoms with van der Waals surface area (Å²) in [5.41, 5.74) is 1.16. The Morgan fingerprint density at radius 1 is 1.20 bits per heavy atom. The molecule has 0 saturated carbocycles. The van der Waals surface area contributed by atoms with Crippen molar-refractivity contribution in [3.05, 3.63) is 23.9 Å². The number of alkyl halides is 1. The van der Waals surface area contributed by atoms with Crippen molar-refractivity contribution in [2.75, 3.05) is 18.0 Å². The van der Waals surface area contributed by atoms with Crippen LogP contribution >= 0.6 is 11.6 Å². The van der Waals surface area contributed by atoms with Crippen molar-refractivity contribution in [3.8, 4) is 0 Å². The van der Waals surface area contributed by atoms with Crippen molar-refractivity contribution in [2.24, 2.45) is 0 Å². The molecule has 0 N–H and O–H groups in total. The Balaban J connectivity index is 2.12. The monoisotopic (exact) mass is 224 g/mol. The molecule has 1 aromatic heterocycles. The summed E-state index contributed by atoms with van der Waals surface area (Å²) in [6.45, 7) is 2.28. The van der Waals surface area contributed by atoms with E-state index in [1.807, 2.05) is 12.3 Å². The maximum Gasteiger partial charge on any atom is 0.128 e. The van der Waals surface area contributed by atoms with Gasteiger partial charge in [-0.3, -0.25) is 0 Å². The largest absolute Gasteiger partial charge is 0.357 e. The summed E-state index contributed by atoms with van der Waals surface area (Å²) in [6.07, 6.45) is 7.13. The molecule has 3 heteroatoms. The lowest BCUT2D eigenvalue weighted by atomic mass is 10.2. The van der Waals surface area contributed by atoms with Gasteiger partial charge in [-0.1, -0.05) is 12.8 Å². The van der Waals surface area contributed by atoms with E-state index in [4.69, 9.17) is 11.6 Å². The fourth-order valence-corrected chi connectivity index (χ4v) is 2.18. The van der Waals surface area contributed by atoms with Gasteiger partial charge < -0.3 is 4.90 Å². The number of hydrogen-bond donors (Lipinski definition) is 0. The Kier molecular flexibility index (Phi) is 3.84. The van der Waals surface area contributed by atoms with Gasteiger partial charge in [-0.05, 0) is 30.5 Å². The normalized spacial score (nSPS) is 17.5. The number of pyridine rings is 1. The lowest BCUT2D eigenvalue weighted by molar-refractivity contribution is 0.726. The van der Waals surface area contributed by atoms with Crippen LogP contribution in [0.4, 0.5) is 5.82 Å². The summed E-state index contributed by atoms with van der Waals surface area (Å²) >= 11 is 5.82. The number of hydrogen-bond acceptors (Lipinski definition) is 2. The van der Waals surface area contributed by atoms with E-state index in [2.05, 4.69) is 16.0 Å². The molecule has 1 aromatic rings. The van der Waals surface area contributed by atoms with E-state index in [-0.39, 0.29) is 0 Å². The van der Waals surface area contributed by atoms with Crippen LogP contribution in [0.3, 0.4) is 0 Å². The molecule has 0 radical (unpaired) electrons. The van der Waals surface area contributed by atoms with Crippen LogP contribution < -0.4 is 4.90 Å². The summed E-state index contributed by atoms with van der Waals surface area (Å²) in [4.78, 5) is 6.80. The van der Waals surface area contributed by atoms with Gasteiger partial charge in [0.2, 0.25) is 0 Å². The van der Waals surface area contributed by atoms with Crippen LogP contribution in [0, 0.1) is 0 Å². The fraction of sp³-hybridized carbons (Fsp3) is 0.583. The molecule has 1 saturated heterocycles. The SMILES string of the molecule is ClCc1ccnc(N2CCCCCC2)c1. The van der Waals surface area contributed by atoms with Gasteiger partial charge in [0.25, 0.3) is 0 Å². The van der Waals surface area contributed by atoms with Crippen LogP contribution in [0.2, 0.25) is 0 Å². The van der Waals surface area contributed by atoms with Gasteiger partial charge in [-0.15, -0.1) is 11.6 Å². The van der Waals surface area contributed by atoms with Crippen LogP contribution in [0.5, 0.6) is 0 Å². The van der Waals surface area contributed by atoms with Crippen LogP contribution in [-0.2, 0) is 5.88 Å². The summed E-state index contributed by atoms with van der Waals surface area (Å²) < 4.78 is 0. The third-order valence-corrected chi connectivity index (χ3v) is 3.20. The van der Waals surface area contributed by atoms with E-state index < -0.39 is 0 Å². The average molecular weight is 225 g/mol. The van der Waals surface area contributed by atoms with Crippen LogP contribution in [0.25, 0.3) is 0 Å². The Labute approximate surface area is 96.3 Å². The first-order chi connectivity index (χ1) is 7.40. The second kappa shape index (κ2) is 5.36. The number of nitrogens with zero attached hydrogens (tertiary/aromatic N) is 2. The van der Waals surface area contributed by atoms with Gasteiger partial charge in [-0.2, -0.15) is 0 Å². The van der Waals surface area contributed by atoms with Gasteiger partial charge in [0.05, 0.1) is 0 Å². The van der Waals surface area contributed by atoms with Crippen LogP contribution in [0.1, 0.15) is 31.2 Å². The van der Waals surface area contributed by atoms with Crippen molar-refractivity contribution < 1.29 is 0 Å². The second-order valence-electron chi connectivity index (χ2n) is 4.06. The molecule has 1 aliphatic heterocycles. The fourth-order valence-electron chi connectivity index (χ4n) is 2.02. The molecule has 0 amide bonds. The Bertz CT molecular complexity index is 306. The molecule has 0 atom stereocenters. The zero-order valence-electron chi connectivity index (χ0n) is 8.95. The molecule has 2 rings (SSSR count). The standard InChI is InChI=1S/C12H17ClN2/c13-10-11-5-6-14-12(9-11)15-7-3-1-2-4-8-15/h5-6,9H,1-4,7-8,10H2. The lowest BCUT2D eigenvalue weighted by Gasteiger charge is -2.21. The number of anilines is 1. The minimum Gasteiger partial charge on any atom is -0.357 e. The molecule has 1 aliphatic rings. The molecule has 0 aliphatic carbocycles. The third kappa shape index (κ3) is 2.85. The molecule has 1 fully saturated rings. The molecule has 0 bridgehead atoms. The van der Waals surface area contributed by atoms with Crippen molar-refractivity contribution in [3.63, 3.8) is 0 Å². The average Bonchev–Trinajstić information content (AvgIpc) is 2.58. The highest BCUT2D eigenvalue weighted by atomic mass is 35.5. The Hall–Kier alpha value is -0.760. The van der Waals surface area contributed by atoms with Crippen LogP contribution in [-0.4, -0.2) is 18.1 Å². The first kappa shape index (κ1) is 10.7. The van der Waals surface area contributed by atoms with E-state index in [0.29, 0.717) is 5.88 Å². The molecule has 0 unspecified atom stereocenters. The highest BCUT2D eigenvalue weighted by Crippen LogP contribution is 2.18. The van der Waals surface area contributed by atoms with Crippen molar-refractivity contribution in [1.29, 1.82) is 0 Å². The maximum absolute atomic E-state index is 5.82. The van der Waals surface area contributed by atoms with Crippen molar-refractivity contribution >= 4 is 17.4 Å². The molecular weight excluding hydrogens is 208 g/mol. The van der Waals surface area contributed by atoms with Crippen molar-refractivity contribution in [2.45, 2.75) is 31.6 Å². The van der Waals surface area contributed by atoms with Gasteiger partial charge in [0.1, 0.15) is 5.82 Å². The topological polar surface area (TPSA) is 16.1 Å². The molecule has 15 heavy (non-hydrogen) atoms. The lowest BCUT2D eigenvalue weighted by Crippen LogP contribution is -2.24. The quantitative estimate of drug-likeness (QED) is 0.718. The van der Waals surface area contributed by atoms with Crippen LogP contribution in [0.15, 0.2) is 18.3 Å². The number of aromatic nitrogens is 1. The molecule has 2 nitrogen and oxygen atoms in total. The Morgan fingerprint density at radius 3 is 2.60 bits per heavy atom. The van der Waals surface area contributed by atoms with E-state index in [9.17, 15) is 0 Å². The summed E-state index contributed by atoms with van der Waals surface area (Å²) in [5, 5.41) is 0. The first-order valence-electron chi connectivity index (χ1n) is 5.66. The van der Waals surface area contributed by atoms with E-state index in [0.717, 1.165) is 24.5 Å². The van der Waals surface area contributed by atoms with Gasteiger partial charge >= 0.3 is 0 Å². The van der Waals surface area contributed by atoms with Gasteiger partial charge in [0, 0.05) is 25.2 Å². The third-order valence-electron chi connectivity index (χ3n) is 2.89. The highest BCUT2D eigenvalue weighted by molar-refractivity contribution is 6.17. The van der Waals surface area contributed by atoms with Gasteiger partial charge in [0.15, 0.2) is 0 Å². The van der Waals surface area contributed by atoms with E-state index >= 15 is 0 Å². The minimum atomic E-state index is 0.573. The molecule has 0 aromatic carbocycles. The number of rotatable bonds is 2. The zero-order valence-corrected chi connectivity index (χ0v) is 9.71. The maximum atomic E-state index is 5.82. The first-order valence-corrected chi connectivity index (χ1v) is 6.19. The van der Waals surface area contributed by atoms with Gasteiger partial charge in [-0.25, -0.2) is 4.98 Å². The zero-order chi connectivity index (χ0) is 10.5. The van der Waals surface area contributed by atoms with Crippen molar-refractivity contribution in [1.82, 2.24) is 4.98 Å². The summed E-state index contributed by atoms with van der Waals surface area (Å²) in [5.74, 6) is 1.67. The highest BCUT2D eigenvalue weighted by Gasteiger charge is 2.10. The predicted molar refractivity (Wildman–Crippen MR) is 64.5 cm³/mol. The molecule has 0 spiro atoms. The summed E-state index contributed by atoms with van der Waals surface area (Å²) in [7, 11) is 0. The molecular formula is C12H17ClN2.